The topological polar surface area (TPSA) is 87.1 Å². The van der Waals surface area contributed by atoms with Crippen LogP contribution in [0.3, 0.4) is 0 Å². The van der Waals surface area contributed by atoms with E-state index in [4.69, 9.17) is 16.3 Å². The van der Waals surface area contributed by atoms with Gasteiger partial charge in [-0.3, -0.25) is 14.5 Å². The summed E-state index contributed by atoms with van der Waals surface area (Å²) >= 11 is 7.85. The van der Waals surface area contributed by atoms with Gasteiger partial charge in [0.25, 0.3) is 0 Å². The first-order valence-corrected chi connectivity index (χ1v) is 11.9. The predicted molar refractivity (Wildman–Crippen MR) is 115 cm³/mol. The number of amides is 2. The van der Waals surface area contributed by atoms with Crippen LogP contribution in [0.4, 0.5) is 0 Å². The van der Waals surface area contributed by atoms with Crippen molar-refractivity contribution in [1.82, 2.24) is 4.90 Å². The first-order chi connectivity index (χ1) is 14.8. The SMILES string of the molecule is CC[C@H]1C[C@@H]2C(=O)N(Cc3cccs3)C(=O)[C@@H]2[C@@H]2C[C@@H](c3ccc(O)cc3Cl)O[C@]12O. The summed E-state index contributed by atoms with van der Waals surface area (Å²) in [4.78, 5) is 28.9. The Balaban J connectivity index is 1.49. The molecule has 0 radical (unpaired) electrons. The average Bonchev–Trinajstić information content (AvgIpc) is 3.41. The number of halogens is 1. The second-order valence-corrected chi connectivity index (χ2v) is 10.2. The highest BCUT2D eigenvalue weighted by Gasteiger charge is 2.66. The third kappa shape index (κ3) is 3.21. The molecule has 1 aliphatic carbocycles. The Morgan fingerprint density at radius 2 is 2.06 bits per heavy atom. The Morgan fingerprint density at radius 1 is 1.26 bits per heavy atom. The van der Waals surface area contributed by atoms with E-state index in [9.17, 15) is 19.8 Å². The van der Waals surface area contributed by atoms with Gasteiger partial charge in [-0.1, -0.05) is 30.7 Å². The van der Waals surface area contributed by atoms with E-state index in [0.717, 1.165) is 4.88 Å². The molecule has 0 unspecified atom stereocenters. The van der Waals surface area contributed by atoms with E-state index in [1.54, 1.807) is 6.07 Å². The lowest BCUT2D eigenvalue weighted by Crippen LogP contribution is -2.53. The lowest BCUT2D eigenvalue weighted by atomic mass is 9.64. The van der Waals surface area contributed by atoms with Crippen molar-refractivity contribution in [3.63, 3.8) is 0 Å². The Hall–Kier alpha value is -1.93. The fourth-order valence-corrected chi connectivity index (χ4v) is 6.69. The molecule has 2 amide bonds. The monoisotopic (exact) mass is 461 g/mol. The van der Waals surface area contributed by atoms with Crippen molar-refractivity contribution in [2.75, 3.05) is 0 Å². The number of nitrogens with zero attached hydrogens (tertiary/aromatic N) is 1. The Morgan fingerprint density at radius 3 is 2.74 bits per heavy atom. The van der Waals surface area contributed by atoms with Crippen molar-refractivity contribution in [3.8, 4) is 5.75 Å². The van der Waals surface area contributed by atoms with Gasteiger partial charge in [0.05, 0.1) is 29.5 Å². The van der Waals surface area contributed by atoms with Gasteiger partial charge in [-0.05, 0) is 48.4 Å². The summed E-state index contributed by atoms with van der Waals surface area (Å²) in [5, 5.41) is 23.6. The van der Waals surface area contributed by atoms with Crippen molar-refractivity contribution in [2.45, 2.75) is 44.6 Å². The summed E-state index contributed by atoms with van der Waals surface area (Å²) in [5.41, 5.74) is 0.668. The number of phenolic OH excluding ortho intramolecular Hbond substituents is 1. The zero-order chi connectivity index (χ0) is 21.9. The summed E-state index contributed by atoms with van der Waals surface area (Å²) in [5.74, 6) is -3.57. The molecule has 6 nitrogen and oxygen atoms in total. The highest BCUT2D eigenvalue weighted by Crippen LogP contribution is 2.59. The van der Waals surface area contributed by atoms with Crippen molar-refractivity contribution in [2.24, 2.45) is 23.7 Å². The fraction of sp³-hybridized carbons (Fsp3) is 0.478. The maximum absolute atomic E-state index is 13.4. The number of thiophene rings is 1. The number of hydrogen-bond acceptors (Lipinski definition) is 6. The largest absolute Gasteiger partial charge is 0.508 e. The second kappa shape index (κ2) is 7.59. The maximum Gasteiger partial charge on any atom is 0.233 e. The summed E-state index contributed by atoms with van der Waals surface area (Å²) in [7, 11) is 0. The number of carbonyl (C=O) groups is 2. The van der Waals surface area contributed by atoms with Crippen molar-refractivity contribution in [1.29, 1.82) is 0 Å². The highest BCUT2D eigenvalue weighted by atomic mass is 35.5. The molecular formula is C23H24ClNO5S. The van der Waals surface area contributed by atoms with Crippen LogP contribution in [0.15, 0.2) is 35.7 Å². The quantitative estimate of drug-likeness (QED) is 0.669. The van der Waals surface area contributed by atoms with Gasteiger partial charge in [0.15, 0.2) is 5.79 Å². The van der Waals surface area contributed by atoms with Crippen LogP contribution in [0.5, 0.6) is 5.75 Å². The van der Waals surface area contributed by atoms with E-state index in [0.29, 0.717) is 29.8 Å². The minimum Gasteiger partial charge on any atom is -0.508 e. The van der Waals surface area contributed by atoms with Crippen LogP contribution >= 0.6 is 22.9 Å². The van der Waals surface area contributed by atoms with Gasteiger partial charge in [-0.15, -0.1) is 11.3 Å². The van der Waals surface area contributed by atoms with E-state index in [1.165, 1.54) is 28.4 Å². The zero-order valence-corrected chi connectivity index (χ0v) is 18.6. The Bertz CT molecular complexity index is 1030. The van der Waals surface area contributed by atoms with Gasteiger partial charge >= 0.3 is 0 Å². The van der Waals surface area contributed by atoms with Crippen LogP contribution in [-0.2, 0) is 20.9 Å². The molecule has 5 rings (SSSR count). The van der Waals surface area contributed by atoms with Crippen LogP contribution < -0.4 is 0 Å². The molecule has 164 valence electrons. The lowest BCUT2D eigenvalue weighted by molar-refractivity contribution is -0.269. The number of carbonyl (C=O) groups excluding carboxylic acids is 2. The first kappa shape index (κ1) is 20.9. The van der Waals surface area contributed by atoms with Crippen molar-refractivity contribution in [3.05, 3.63) is 51.2 Å². The van der Waals surface area contributed by atoms with Crippen molar-refractivity contribution < 1.29 is 24.5 Å². The molecule has 3 fully saturated rings. The van der Waals surface area contributed by atoms with Gasteiger partial charge in [-0.2, -0.15) is 0 Å². The molecule has 2 aromatic rings. The van der Waals surface area contributed by atoms with E-state index in [-0.39, 0.29) is 30.0 Å². The number of rotatable bonds is 4. The fourth-order valence-electron chi connectivity index (χ4n) is 5.70. The molecule has 2 aliphatic heterocycles. The third-order valence-electron chi connectivity index (χ3n) is 7.17. The average molecular weight is 462 g/mol. The lowest BCUT2D eigenvalue weighted by Gasteiger charge is -2.44. The number of aliphatic hydroxyl groups is 1. The van der Waals surface area contributed by atoms with E-state index < -0.39 is 29.6 Å². The molecule has 0 bridgehead atoms. The van der Waals surface area contributed by atoms with Gasteiger partial charge < -0.3 is 14.9 Å². The molecule has 8 heteroatoms. The molecule has 3 aliphatic rings. The summed E-state index contributed by atoms with van der Waals surface area (Å²) < 4.78 is 6.21. The third-order valence-corrected chi connectivity index (χ3v) is 8.36. The van der Waals surface area contributed by atoms with E-state index in [1.807, 2.05) is 24.4 Å². The molecule has 3 heterocycles. The number of phenols is 1. The second-order valence-electron chi connectivity index (χ2n) is 8.72. The van der Waals surface area contributed by atoms with Crippen LogP contribution in [0.25, 0.3) is 0 Å². The molecule has 6 atom stereocenters. The van der Waals surface area contributed by atoms with Crippen LogP contribution in [0, 0.1) is 23.7 Å². The van der Waals surface area contributed by atoms with Crippen LogP contribution in [0.2, 0.25) is 5.02 Å². The number of hydrogen-bond donors (Lipinski definition) is 2. The Labute approximate surface area is 189 Å². The molecule has 1 aromatic carbocycles. The molecule has 0 spiro atoms. The molecule has 2 N–H and O–H groups in total. The van der Waals surface area contributed by atoms with E-state index in [2.05, 4.69) is 0 Å². The zero-order valence-electron chi connectivity index (χ0n) is 17.0. The van der Waals surface area contributed by atoms with Crippen LogP contribution in [-0.4, -0.2) is 32.7 Å². The number of fused-ring (bicyclic) bond motifs is 3. The summed E-state index contributed by atoms with van der Waals surface area (Å²) in [6, 6.07) is 8.48. The molecule has 2 saturated heterocycles. The van der Waals surface area contributed by atoms with Crippen LogP contribution in [0.1, 0.15) is 42.7 Å². The number of imide groups is 1. The predicted octanol–water partition coefficient (Wildman–Crippen LogP) is 4.10. The van der Waals surface area contributed by atoms with Gasteiger partial charge in [0.1, 0.15) is 5.75 Å². The summed E-state index contributed by atoms with van der Waals surface area (Å²) in [6.45, 7) is 2.24. The molecular weight excluding hydrogens is 438 g/mol. The molecule has 31 heavy (non-hydrogen) atoms. The smallest absolute Gasteiger partial charge is 0.233 e. The molecule has 1 aromatic heterocycles. The summed E-state index contributed by atoms with van der Waals surface area (Å²) in [6.07, 6.45) is 0.948. The van der Waals surface area contributed by atoms with Gasteiger partial charge in [0.2, 0.25) is 11.8 Å². The minimum atomic E-state index is -1.49. The minimum absolute atomic E-state index is 0.0511. The number of benzene rings is 1. The number of ether oxygens (including phenoxy) is 1. The normalized spacial score (nSPS) is 34.8. The molecule has 1 saturated carbocycles. The standard InChI is InChI=1S/C23H24ClNO5S/c1-2-12-8-16-20(22(28)25(21(16)27)11-14-4-3-7-31-14)17-10-19(30-23(12,17)29)15-6-5-13(26)9-18(15)24/h3-7,9,12,16-17,19-20,26,29H,2,8,10-11H2,1H3/t12-,16-,17-,19-,20-,23+/m0/s1. The van der Waals surface area contributed by atoms with Gasteiger partial charge in [-0.25, -0.2) is 0 Å². The highest BCUT2D eigenvalue weighted by molar-refractivity contribution is 7.09. The van der Waals surface area contributed by atoms with Crippen molar-refractivity contribution >= 4 is 34.8 Å². The first-order valence-electron chi connectivity index (χ1n) is 10.6. The van der Waals surface area contributed by atoms with Gasteiger partial charge in [0, 0.05) is 16.7 Å². The Kier molecular flexibility index (Phi) is 5.13. The maximum atomic E-state index is 13.4. The van der Waals surface area contributed by atoms with E-state index >= 15 is 0 Å². The number of likely N-dealkylation sites (tertiary alicyclic amines) is 1. The number of aromatic hydroxyl groups is 1.